The molecule has 2 aromatic heterocycles. The van der Waals surface area contributed by atoms with Crippen molar-refractivity contribution in [2.45, 2.75) is 12.8 Å². The molecule has 0 radical (unpaired) electrons. The summed E-state index contributed by atoms with van der Waals surface area (Å²) in [6.07, 6.45) is 7.18. The number of hydrogen-bond donors (Lipinski definition) is 1. The molecule has 0 saturated heterocycles. The van der Waals surface area contributed by atoms with E-state index in [4.69, 9.17) is 0 Å². The Hall–Kier alpha value is -2.43. The maximum absolute atomic E-state index is 12.0. The number of nitrogens with one attached hydrogen (secondary N) is 1. The molecule has 5 nitrogen and oxygen atoms in total. The van der Waals surface area contributed by atoms with Crippen molar-refractivity contribution in [3.63, 3.8) is 0 Å². The second kappa shape index (κ2) is 5.28. The molecular weight excluding hydrogens is 254 g/mol. The molecule has 0 amide bonds. The molecule has 2 heterocycles. The first-order chi connectivity index (χ1) is 9.74. The molecule has 0 aromatic carbocycles. The normalized spacial score (nSPS) is 15.3. The molecule has 1 aliphatic carbocycles. The quantitative estimate of drug-likeness (QED) is 0.662. The van der Waals surface area contributed by atoms with Crippen molar-refractivity contribution in [3.8, 4) is 11.1 Å². The second-order valence-corrected chi connectivity index (χ2v) is 4.96. The highest BCUT2D eigenvalue weighted by atomic mass is 16.3. The van der Waals surface area contributed by atoms with Gasteiger partial charge in [0.1, 0.15) is 0 Å². The van der Waals surface area contributed by atoms with Gasteiger partial charge in [0.15, 0.2) is 0 Å². The Kier molecular flexibility index (Phi) is 3.33. The first-order valence-electron chi connectivity index (χ1n) is 6.59. The molecule has 0 unspecified atom stereocenters. The number of aromatic nitrogens is 2. The van der Waals surface area contributed by atoms with E-state index < -0.39 is 11.5 Å². The van der Waals surface area contributed by atoms with Gasteiger partial charge in [-0.15, -0.1) is 0 Å². The zero-order valence-corrected chi connectivity index (χ0v) is 10.9. The lowest BCUT2D eigenvalue weighted by molar-refractivity contribution is -0.213. The zero-order valence-electron chi connectivity index (χ0n) is 10.9. The van der Waals surface area contributed by atoms with Crippen LogP contribution in [0.3, 0.4) is 0 Å². The van der Waals surface area contributed by atoms with Crippen molar-refractivity contribution in [1.82, 2.24) is 9.97 Å². The molecule has 5 heteroatoms. The predicted molar refractivity (Wildman–Crippen MR) is 74.4 cm³/mol. The van der Waals surface area contributed by atoms with Gasteiger partial charge in [0.25, 0.3) is 5.56 Å². The van der Waals surface area contributed by atoms with Crippen molar-refractivity contribution in [2.24, 2.45) is 10.9 Å². The van der Waals surface area contributed by atoms with Gasteiger partial charge in [0.2, 0.25) is 0 Å². The van der Waals surface area contributed by atoms with Gasteiger partial charge in [-0.1, -0.05) is 0 Å². The number of pyridine rings is 2. The first kappa shape index (κ1) is 12.6. The Bertz CT molecular complexity index is 688. The molecule has 0 bridgehead atoms. The van der Waals surface area contributed by atoms with Crippen LogP contribution in [0.4, 0.5) is 0 Å². The van der Waals surface area contributed by atoms with Crippen LogP contribution in [0.25, 0.3) is 11.1 Å². The summed E-state index contributed by atoms with van der Waals surface area (Å²) < 4.78 is 0. The molecule has 1 fully saturated rings. The van der Waals surface area contributed by atoms with Crippen molar-refractivity contribution in [2.75, 3.05) is 6.54 Å². The van der Waals surface area contributed by atoms with Crippen LogP contribution in [0, 0.1) is 5.92 Å². The highest BCUT2D eigenvalue weighted by Gasteiger charge is 2.20. The Labute approximate surface area is 116 Å². The third-order valence-electron chi connectivity index (χ3n) is 3.34. The molecular formula is C15H14N3O2-. The minimum Gasteiger partial charge on any atom is -0.858 e. The van der Waals surface area contributed by atoms with E-state index >= 15 is 0 Å². The smallest absolute Gasteiger partial charge is 0.256 e. The summed E-state index contributed by atoms with van der Waals surface area (Å²) >= 11 is 0. The van der Waals surface area contributed by atoms with Gasteiger partial charge >= 0.3 is 0 Å². The number of nitrogens with zero attached hydrogens (tertiary/aromatic N) is 2. The van der Waals surface area contributed by atoms with E-state index in [2.05, 4.69) is 15.0 Å². The van der Waals surface area contributed by atoms with Crippen LogP contribution in [-0.4, -0.2) is 22.4 Å². The van der Waals surface area contributed by atoms with Crippen LogP contribution in [0.15, 0.2) is 46.6 Å². The average Bonchev–Trinajstić information content (AvgIpc) is 3.30. The number of aromatic amines is 1. The average molecular weight is 268 g/mol. The van der Waals surface area contributed by atoms with E-state index in [0.29, 0.717) is 12.5 Å². The van der Waals surface area contributed by atoms with Crippen molar-refractivity contribution < 1.29 is 5.11 Å². The summed E-state index contributed by atoms with van der Waals surface area (Å²) in [6.45, 7) is 0.526. The topological polar surface area (TPSA) is 81.2 Å². The predicted octanol–water partition coefficient (Wildman–Crippen LogP) is 0.954. The molecule has 20 heavy (non-hydrogen) atoms. The number of rotatable bonds is 4. The molecule has 0 aliphatic heterocycles. The van der Waals surface area contributed by atoms with E-state index in [1.54, 1.807) is 24.7 Å². The van der Waals surface area contributed by atoms with Crippen LogP contribution in [0.1, 0.15) is 18.4 Å². The van der Waals surface area contributed by atoms with Crippen LogP contribution in [0.2, 0.25) is 0 Å². The molecule has 1 aliphatic rings. The Morgan fingerprint density at radius 1 is 1.35 bits per heavy atom. The molecule has 0 atom stereocenters. The number of hydrogen-bond acceptors (Lipinski definition) is 4. The maximum atomic E-state index is 12.0. The zero-order chi connectivity index (χ0) is 13.9. The van der Waals surface area contributed by atoms with Gasteiger partial charge in [-0.2, -0.15) is 0 Å². The molecule has 2 aromatic rings. The molecule has 1 saturated carbocycles. The third-order valence-corrected chi connectivity index (χ3v) is 3.34. The van der Waals surface area contributed by atoms with Crippen molar-refractivity contribution in [1.29, 1.82) is 0 Å². The lowest BCUT2D eigenvalue weighted by Gasteiger charge is -2.11. The highest BCUT2D eigenvalue weighted by molar-refractivity contribution is 5.91. The van der Waals surface area contributed by atoms with E-state index in [0.717, 1.165) is 24.0 Å². The summed E-state index contributed by atoms with van der Waals surface area (Å²) in [6, 6.07) is 5.24. The van der Waals surface area contributed by atoms with Crippen LogP contribution < -0.4 is 10.7 Å². The lowest BCUT2D eigenvalue weighted by Crippen LogP contribution is -2.28. The second-order valence-electron chi connectivity index (χ2n) is 4.96. The summed E-state index contributed by atoms with van der Waals surface area (Å²) in [5.41, 5.74) is 1.37. The Balaban J connectivity index is 1.94. The van der Waals surface area contributed by atoms with Gasteiger partial charge in [-0.25, -0.2) is 0 Å². The van der Waals surface area contributed by atoms with Gasteiger partial charge < -0.3 is 15.1 Å². The monoisotopic (exact) mass is 268 g/mol. The van der Waals surface area contributed by atoms with Gasteiger partial charge in [0, 0.05) is 25.1 Å². The third kappa shape index (κ3) is 2.77. The summed E-state index contributed by atoms with van der Waals surface area (Å²) in [4.78, 5) is 22.3. The molecule has 1 N–H and O–H groups in total. The SMILES string of the molecule is O=c1[nH]cc(-c2ccncc2)cc1C([O-])=NCC1CC1. The van der Waals surface area contributed by atoms with Crippen LogP contribution >= 0.6 is 0 Å². The van der Waals surface area contributed by atoms with E-state index in [9.17, 15) is 9.90 Å². The van der Waals surface area contributed by atoms with Gasteiger partial charge in [-0.3, -0.25) is 9.78 Å². The first-order valence-corrected chi connectivity index (χ1v) is 6.59. The van der Waals surface area contributed by atoms with Crippen LogP contribution in [-0.2, 0) is 0 Å². The van der Waals surface area contributed by atoms with E-state index in [-0.39, 0.29) is 5.56 Å². The Morgan fingerprint density at radius 2 is 2.10 bits per heavy atom. The number of aliphatic imine (C=N–C) groups is 1. The minimum atomic E-state index is -0.436. The van der Waals surface area contributed by atoms with E-state index in [1.165, 1.54) is 0 Å². The summed E-state index contributed by atoms with van der Waals surface area (Å²) in [5, 5.41) is 12.0. The fourth-order valence-corrected chi connectivity index (χ4v) is 1.95. The molecule has 102 valence electrons. The molecule has 0 spiro atoms. The van der Waals surface area contributed by atoms with Crippen molar-refractivity contribution in [3.05, 3.63) is 52.7 Å². The highest BCUT2D eigenvalue weighted by Crippen LogP contribution is 2.28. The largest absolute Gasteiger partial charge is 0.858 e. The summed E-state index contributed by atoms with van der Waals surface area (Å²) in [5.74, 6) is 0.0930. The van der Waals surface area contributed by atoms with E-state index in [1.807, 2.05) is 12.1 Å². The Morgan fingerprint density at radius 3 is 2.80 bits per heavy atom. The summed E-state index contributed by atoms with van der Waals surface area (Å²) in [7, 11) is 0. The fourth-order valence-electron chi connectivity index (χ4n) is 1.95. The molecule has 3 rings (SSSR count). The van der Waals surface area contributed by atoms with Gasteiger partial charge in [0.05, 0.1) is 5.56 Å². The lowest BCUT2D eigenvalue weighted by atomic mass is 10.1. The van der Waals surface area contributed by atoms with Crippen molar-refractivity contribution >= 4 is 5.90 Å². The fraction of sp³-hybridized carbons (Fsp3) is 0.267. The minimum absolute atomic E-state index is 0.0972. The van der Waals surface area contributed by atoms with Gasteiger partial charge in [-0.05, 0) is 54.0 Å². The maximum Gasteiger partial charge on any atom is 0.256 e. The standard InChI is InChI=1S/C15H15N3O2/c19-14(17-8-10-1-2-10)13-7-12(9-18-15(13)20)11-3-5-16-6-4-11/h3-7,9-10H,1-2,8H2,(H,17,19)(H,18,20)/p-1. The number of H-pyrrole nitrogens is 1. The van der Waals surface area contributed by atoms with Crippen LogP contribution in [0.5, 0.6) is 0 Å².